The number of nitrogens with one attached hydrogen (secondary N) is 1. The molecule has 1 heterocycles. The van der Waals surface area contributed by atoms with E-state index in [-0.39, 0.29) is 0 Å². The number of guanidine groups is 1. The first kappa shape index (κ1) is 20.3. The number of nitrogens with zero attached hydrogens (tertiary/aromatic N) is 2. The molecule has 6 heteroatoms. The normalized spacial score (nSPS) is 17.2. The first-order valence-corrected chi connectivity index (χ1v) is 9.67. The molecule has 1 fully saturated rings. The van der Waals surface area contributed by atoms with Gasteiger partial charge in [-0.1, -0.05) is 36.4 Å². The van der Waals surface area contributed by atoms with Gasteiger partial charge in [0.05, 0.1) is 13.2 Å². The van der Waals surface area contributed by atoms with Crippen LogP contribution in [0.15, 0.2) is 53.5 Å². The molecule has 28 heavy (non-hydrogen) atoms. The summed E-state index contributed by atoms with van der Waals surface area (Å²) in [4.78, 5) is 6.54. The van der Waals surface area contributed by atoms with E-state index < -0.39 is 11.6 Å². The Bertz CT molecular complexity index is 783. The molecule has 0 aromatic heterocycles. The number of hydrogen-bond acceptors (Lipinski definition) is 2. The summed E-state index contributed by atoms with van der Waals surface area (Å²) in [5.41, 5.74) is 1.68. The van der Waals surface area contributed by atoms with Gasteiger partial charge in [0.2, 0.25) is 0 Å². The molecule has 4 nitrogen and oxygen atoms in total. The summed E-state index contributed by atoms with van der Waals surface area (Å²) in [5, 5.41) is 3.28. The maximum atomic E-state index is 13.7. The van der Waals surface area contributed by atoms with Crippen molar-refractivity contribution in [3.8, 4) is 0 Å². The van der Waals surface area contributed by atoms with Crippen LogP contribution in [0.2, 0.25) is 0 Å². The number of rotatable bonds is 7. The highest BCUT2D eigenvalue weighted by Gasteiger charge is 2.24. The highest BCUT2D eigenvalue weighted by molar-refractivity contribution is 5.80. The SMILES string of the molecule is CN=C(NCCc1ccc(F)cc1F)N1CCC(COCc2ccccc2)C1. The second-order valence-electron chi connectivity index (χ2n) is 7.06. The third-order valence-corrected chi connectivity index (χ3v) is 4.95. The molecule has 1 atom stereocenters. The van der Waals surface area contributed by atoms with Crippen LogP contribution in [0.5, 0.6) is 0 Å². The summed E-state index contributed by atoms with van der Waals surface area (Å²) in [6.45, 7) is 3.71. The summed E-state index contributed by atoms with van der Waals surface area (Å²) < 4.78 is 32.6. The largest absolute Gasteiger partial charge is 0.376 e. The lowest BCUT2D eigenvalue weighted by atomic mass is 10.1. The first-order valence-electron chi connectivity index (χ1n) is 9.67. The second-order valence-corrected chi connectivity index (χ2v) is 7.06. The van der Waals surface area contributed by atoms with Crippen LogP contribution >= 0.6 is 0 Å². The zero-order valence-electron chi connectivity index (χ0n) is 16.2. The lowest BCUT2D eigenvalue weighted by Gasteiger charge is -2.22. The van der Waals surface area contributed by atoms with E-state index in [2.05, 4.69) is 27.3 Å². The van der Waals surface area contributed by atoms with Crippen LogP contribution in [0.3, 0.4) is 0 Å². The molecule has 0 bridgehead atoms. The predicted molar refractivity (Wildman–Crippen MR) is 107 cm³/mol. The van der Waals surface area contributed by atoms with E-state index in [0.29, 0.717) is 31.1 Å². The van der Waals surface area contributed by atoms with Crippen LogP contribution in [0, 0.1) is 17.6 Å². The Balaban J connectivity index is 1.40. The zero-order chi connectivity index (χ0) is 19.8. The first-order chi connectivity index (χ1) is 13.7. The van der Waals surface area contributed by atoms with Crippen LogP contribution in [-0.2, 0) is 17.8 Å². The molecule has 0 aliphatic carbocycles. The maximum absolute atomic E-state index is 13.7. The number of benzene rings is 2. The summed E-state index contributed by atoms with van der Waals surface area (Å²) in [5.74, 6) is 0.223. The summed E-state index contributed by atoms with van der Waals surface area (Å²) in [7, 11) is 1.75. The highest BCUT2D eigenvalue weighted by Crippen LogP contribution is 2.17. The van der Waals surface area contributed by atoms with Gasteiger partial charge in [-0.3, -0.25) is 4.99 Å². The molecular formula is C22H27F2N3O. The minimum Gasteiger partial charge on any atom is -0.376 e. The molecule has 2 aromatic rings. The van der Waals surface area contributed by atoms with E-state index in [1.807, 2.05) is 18.2 Å². The molecule has 0 amide bonds. The molecule has 1 unspecified atom stereocenters. The Morgan fingerprint density at radius 1 is 1.21 bits per heavy atom. The monoisotopic (exact) mass is 387 g/mol. The minimum absolute atomic E-state index is 0.469. The average molecular weight is 387 g/mol. The van der Waals surface area contributed by atoms with E-state index in [4.69, 9.17) is 4.74 Å². The molecule has 0 saturated carbocycles. The van der Waals surface area contributed by atoms with Crippen LogP contribution in [-0.4, -0.2) is 44.1 Å². The van der Waals surface area contributed by atoms with Crippen molar-refractivity contribution in [2.75, 3.05) is 33.3 Å². The third-order valence-electron chi connectivity index (χ3n) is 4.95. The summed E-state index contributed by atoms with van der Waals surface area (Å²) in [6, 6.07) is 13.9. The van der Waals surface area contributed by atoms with Gasteiger partial charge in [-0.15, -0.1) is 0 Å². The van der Waals surface area contributed by atoms with Gasteiger partial charge in [-0.05, 0) is 30.0 Å². The topological polar surface area (TPSA) is 36.9 Å². The maximum Gasteiger partial charge on any atom is 0.193 e. The van der Waals surface area contributed by atoms with Crippen molar-refractivity contribution in [1.29, 1.82) is 0 Å². The van der Waals surface area contributed by atoms with Gasteiger partial charge in [0.25, 0.3) is 0 Å². The van der Waals surface area contributed by atoms with E-state index in [1.165, 1.54) is 17.7 Å². The highest BCUT2D eigenvalue weighted by atomic mass is 19.1. The molecular weight excluding hydrogens is 360 g/mol. The molecule has 1 saturated heterocycles. The van der Waals surface area contributed by atoms with E-state index in [9.17, 15) is 8.78 Å². The molecule has 0 radical (unpaired) electrons. The summed E-state index contributed by atoms with van der Waals surface area (Å²) >= 11 is 0. The van der Waals surface area contributed by atoms with Gasteiger partial charge in [0, 0.05) is 38.7 Å². The van der Waals surface area contributed by atoms with Gasteiger partial charge < -0.3 is 15.0 Å². The molecule has 150 valence electrons. The van der Waals surface area contributed by atoms with Gasteiger partial charge in [-0.2, -0.15) is 0 Å². The van der Waals surface area contributed by atoms with Gasteiger partial charge >= 0.3 is 0 Å². The number of aliphatic imine (C=N–C) groups is 1. The number of likely N-dealkylation sites (tertiary alicyclic amines) is 1. The number of halogens is 2. The molecule has 1 aliphatic heterocycles. The standard InChI is InChI=1S/C22H27F2N3O/c1-25-22(26-11-9-19-7-8-20(23)13-21(19)24)27-12-10-18(14-27)16-28-15-17-5-3-2-4-6-17/h2-8,13,18H,9-12,14-16H2,1H3,(H,25,26). The van der Waals surface area contributed by atoms with Crippen molar-refractivity contribution in [3.05, 3.63) is 71.3 Å². The number of hydrogen-bond donors (Lipinski definition) is 1. The fraction of sp³-hybridized carbons (Fsp3) is 0.409. The van der Waals surface area contributed by atoms with Gasteiger partial charge in [-0.25, -0.2) is 8.78 Å². The van der Waals surface area contributed by atoms with Crippen LogP contribution in [0.25, 0.3) is 0 Å². The minimum atomic E-state index is -0.553. The van der Waals surface area contributed by atoms with Crippen LogP contribution < -0.4 is 5.32 Å². The zero-order valence-corrected chi connectivity index (χ0v) is 16.2. The molecule has 1 aliphatic rings. The van der Waals surface area contributed by atoms with Crippen molar-refractivity contribution >= 4 is 5.96 Å². The molecule has 0 spiro atoms. The quantitative estimate of drug-likeness (QED) is 0.582. The van der Waals surface area contributed by atoms with Crippen molar-refractivity contribution in [1.82, 2.24) is 10.2 Å². The molecule has 3 rings (SSSR count). The fourth-order valence-electron chi connectivity index (χ4n) is 3.44. The predicted octanol–water partition coefficient (Wildman–Crippen LogP) is 3.62. The number of ether oxygens (including phenoxy) is 1. The molecule has 2 aromatic carbocycles. The second kappa shape index (κ2) is 10.2. The Labute approximate surface area is 165 Å². The van der Waals surface area contributed by atoms with Gasteiger partial charge in [0.15, 0.2) is 5.96 Å². The van der Waals surface area contributed by atoms with Crippen molar-refractivity contribution in [2.45, 2.75) is 19.4 Å². The van der Waals surface area contributed by atoms with Gasteiger partial charge in [0.1, 0.15) is 11.6 Å². The fourth-order valence-corrected chi connectivity index (χ4v) is 3.44. The van der Waals surface area contributed by atoms with E-state index >= 15 is 0 Å². The van der Waals surface area contributed by atoms with Crippen LogP contribution in [0.4, 0.5) is 8.78 Å². The van der Waals surface area contributed by atoms with E-state index in [1.54, 1.807) is 7.05 Å². The van der Waals surface area contributed by atoms with Crippen molar-refractivity contribution in [3.63, 3.8) is 0 Å². The Morgan fingerprint density at radius 2 is 2.04 bits per heavy atom. The Kier molecular flexibility index (Phi) is 7.37. The average Bonchev–Trinajstić information content (AvgIpc) is 3.16. The lowest BCUT2D eigenvalue weighted by Crippen LogP contribution is -2.41. The molecule has 1 N–H and O–H groups in total. The summed E-state index contributed by atoms with van der Waals surface area (Å²) in [6.07, 6.45) is 1.53. The van der Waals surface area contributed by atoms with Crippen molar-refractivity contribution < 1.29 is 13.5 Å². The van der Waals surface area contributed by atoms with Crippen molar-refractivity contribution in [2.24, 2.45) is 10.9 Å². The third kappa shape index (κ3) is 5.76. The van der Waals surface area contributed by atoms with E-state index in [0.717, 1.165) is 38.1 Å². The lowest BCUT2D eigenvalue weighted by molar-refractivity contribution is 0.0907. The Morgan fingerprint density at radius 3 is 2.79 bits per heavy atom. The van der Waals surface area contributed by atoms with Crippen LogP contribution in [0.1, 0.15) is 17.5 Å². The Hall–Kier alpha value is -2.47. The smallest absolute Gasteiger partial charge is 0.193 e.